The molecule has 6 nitrogen and oxygen atoms in total. The van der Waals surface area contributed by atoms with E-state index in [1.807, 2.05) is 62.6 Å². The minimum atomic E-state index is -0.760. The first-order valence-corrected chi connectivity index (χ1v) is 14.7. The van der Waals surface area contributed by atoms with Gasteiger partial charge in [-0.15, -0.1) is 11.3 Å². The Hall–Kier alpha value is -3.26. The number of rotatable bonds is 9. The quantitative estimate of drug-likeness (QED) is 0.205. The number of para-hydroxylation sites is 1. The van der Waals surface area contributed by atoms with E-state index in [1.54, 1.807) is 0 Å². The maximum atomic E-state index is 13.3. The van der Waals surface area contributed by atoms with E-state index in [0.717, 1.165) is 63.4 Å². The maximum absolute atomic E-state index is 13.3. The SMILES string of the molecule is Cc1ccsc1C(=O)Nc1ccc(/C=C/c2n[nH]c3ccccc23)cc1C(CCC(C)(C)O)N1CCCCC1. The molecule has 1 aliphatic heterocycles. The minimum Gasteiger partial charge on any atom is -0.390 e. The van der Waals surface area contributed by atoms with Crippen LogP contribution in [0.1, 0.15) is 84.0 Å². The topological polar surface area (TPSA) is 81.2 Å². The number of H-pyrrole nitrogens is 1. The number of fused-ring (bicyclic) bond motifs is 1. The molecule has 1 fully saturated rings. The lowest BCUT2D eigenvalue weighted by Gasteiger charge is -2.37. The predicted octanol–water partition coefficient (Wildman–Crippen LogP) is 7.43. The van der Waals surface area contributed by atoms with E-state index in [4.69, 9.17) is 0 Å². The number of anilines is 1. The Morgan fingerprint density at radius 2 is 1.95 bits per heavy atom. The van der Waals surface area contributed by atoms with Crippen LogP contribution in [-0.2, 0) is 0 Å². The van der Waals surface area contributed by atoms with Gasteiger partial charge in [-0.05, 0) is 112 Å². The first-order valence-electron chi connectivity index (χ1n) is 13.9. The van der Waals surface area contributed by atoms with Gasteiger partial charge in [-0.1, -0.05) is 36.8 Å². The molecular formula is C32H38N4O2S. The van der Waals surface area contributed by atoms with Crippen LogP contribution < -0.4 is 5.32 Å². The first kappa shape index (κ1) is 27.3. The Labute approximate surface area is 234 Å². The van der Waals surface area contributed by atoms with Gasteiger partial charge >= 0.3 is 0 Å². The van der Waals surface area contributed by atoms with Crippen LogP contribution in [0.2, 0.25) is 0 Å². The molecule has 0 radical (unpaired) electrons. The van der Waals surface area contributed by atoms with Crippen molar-refractivity contribution in [3.63, 3.8) is 0 Å². The number of nitrogens with one attached hydrogen (secondary N) is 2. The molecule has 3 heterocycles. The molecule has 4 aromatic rings. The van der Waals surface area contributed by atoms with E-state index in [9.17, 15) is 9.90 Å². The largest absolute Gasteiger partial charge is 0.390 e. The summed E-state index contributed by atoms with van der Waals surface area (Å²) in [5.41, 5.74) is 5.11. The fourth-order valence-corrected chi connectivity index (χ4v) is 6.22. The van der Waals surface area contributed by atoms with E-state index in [1.165, 1.54) is 30.6 Å². The summed E-state index contributed by atoms with van der Waals surface area (Å²) in [6.07, 6.45) is 9.19. The normalized spacial score (nSPS) is 15.7. The average Bonchev–Trinajstić information content (AvgIpc) is 3.54. The average molecular weight is 543 g/mol. The second kappa shape index (κ2) is 11.9. The second-order valence-electron chi connectivity index (χ2n) is 11.2. The molecule has 3 N–H and O–H groups in total. The second-order valence-corrected chi connectivity index (χ2v) is 12.1. The highest BCUT2D eigenvalue weighted by atomic mass is 32.1. The third-order valence-electron chi connectivity index (χ3n) is 7.55. The number of aromatic amines is 1. The van der Waals surface area contributed by atoms with Gasteiger partial charge in [0.05, 0.1) is 21.7 Å². The summed E-state index contributed by atoms with van der Waals surface area (Å²) in [4.78, 5) is 16.5. The zero-order valence-corrected chi connectivity index (χ0v) is 23.9. The van der Waals surface area contributed by atoms with Crippen LogP contribution in [0.5, 0.6) is 0 Å². The molecule has 0 saturated carbocycles. The summed E-state index contributed by atoms with van der Waals surface area (Å²) in [5.74, 6) is -0.0742. The van der Waals surface area contributed by atoms with Crippen LogP contribution in [0.4, 0.5) is 5.69 Å². The molecule has 0 bridgehead atoms. The van der Waals surface area contributed by atoms with E-state index in [-0.39, 0.29) is 11.9 Å². The summed E-state index contributed by atoms with van der Waals surface area (Å²) in [6, 6.07) is 16.5. The van der Waals surface area contributed by atoms with Crippen molar-refractivity contribution >= 4 is 46.0 Å². The van der Waals surface area contributed by atoms with Crippen molar-refractivity contribution in [1.29, 1.82) is 0 Å². The van der Waals surface area contributed by atoms with Crippen molar-refractivity contribution in [2.24, 2.45) is 0 Å². The summed E-state index contributed by atoms with van der Waals surface area (Å²) in [6.45, 7) is 7.76. The van der Waals surface area contributed by atoms with Gasteiger partial charge in [0.15, 0.2) is 0 Å². The number of amides is 1. The molecule has 0 aliphatic carbocycles. The number of carbonyl (C=O) groups is 1. The maximum Gasteiger partial charge on any atom is 0.266 e. The Kier molecular flexibility index (Phi) is 8.31. The number of aryl methyl sites for hydroxylation is 1. The number of nitrogens with zero attached hydrogens (tertiary/aromatic N) is 2. The number of aromatic nitrogens is 2. The Balaban J connectivity index is 1.52. The molecule has 1 amide bonds. The summed E-state index contributed by atoms with van der Waals surface area (Å²) >= 11 is 1.47. The van der Waals surface area contributed by atoms with Gasteiger partial charge in [-0.2, -0.15) is 5.10 Å². The standard InChI is InChI=1S/C32H38N4O2S/c1-22-16-20-39-30(22)31(37)33-26-13-11-23(12-14-28-24-9-5-6-10-27(24)34-35-28)21-25(26)29(15-17-32(2,3)38)36-18-7-4-8-19-36/h5-6,9-14,16,20-21,29,38H,4,7-8,15,17-19H2,1-3H3,(H,33,37)(H,34,35)/b14-12+. The number of thiophene rings is 1. The zero-order chi connectivity index (χ0) is 27.4. The molecule has 1 aliphatic rings. The molecule has 0 spiro atoms. The lowest BCUT2D eigenvalue weighted by atomic mass is 9.90. The van der Waals surface area contributed by atoms with Gasteiger partial charge in [0.25, 0.3) is 5.91 Å². The van der Waals surface area contributed by atoms with E-state index >= 15 is 0 Å². The molecule has 5 rings (SSSR count). The lowest BCUT2D eigenvalue weighted by molar-refractivity contribution is 0.0530. The molecule has 2 aromatic carbocycles. The fourth-order valence-electron chi connectivity index (χ4n) is 5.40. The van der Waals surface area contributed by atoms with Crippen molar-refractivity contribution in [3.05, 3.63) is 81.2 Å². The van der Waals surface area contributed by atoms with Gasteiger partial charge in [0.1, 0.15) is 0 Å². The predicted molar refractivity (Wildman–Crippen MR) is 162 cm³/mol. The third kappa shape index (κ3) is 6.67. The van der Waals surface area contributed by atoms with Crippen LogP contribution in [0, 0.1) is 6.92 Å². The molecule has 204 valence electrons. The molecule has 1 unspecified atom stereocenters. The smallest absolute Gasteiger partial charge is 0.266 e. The molecule has 7 heteroatoms. The van der Waals surface area contributed by atoms with Crippen LogP contribution in [0.25, 0.3) is 23.1 Å². The van der Waals surface area contributed by atoms with Gasteiger partial charge in [-0.25, -0.2) is 0 Å². The first-order chi connectivity index (χ1) is 18.8. The molecule has 1 atom stereocenters. The van der Waals surface area contributed by atoms with Crippen LogP contribution in [0.15, 0.2) is 53.9 Å². The van der Waals surface area contributed by atoms with Crippen LogP contribution >= 0.6 is 11.3 Å². The van der Waals surface area contributed by atoms with Gasteiger partial charge in [0, 0.05) is 17.1 Å². The third-order valence-corrected chi connectivity index (χ3v) is 8.56. The Morgan fingerprint density at radius 1 is 1.15 bits per heavy atom. The molecule has 2 aromatic heterocycles. The monoisotopic (exact) mass is 542 g/mol. The van der Waals surface area contributed by atoms with E-state index < -0.39 is 5.60 Å². The number of piperidine rings is 1. The molecular weight excluding hydrogens is 504 g/mol. The van der Waals surface area contributed by atoms with Crippen molar-refractivity contribution in [3.8, 4) is 0 Å². The highest BCUT2D eigenvalue weighted by molar-refractivity contribution is 7.12. The summed E-state index contributed by atoms with van der Waals surface area (Å²) < 4.78 is 0. The molecule has 1 saturated heterocycles. The highest BCUT2D eigenvalue weighted by Gasteiger charge is 2.27. The Bertz CT molecular complexity index is 1460. The summed E-state index contributed by atoms with van der Waals surface area (Å²) in [7, 11) is 0. The minimum absolute atomic E-state index is 0.0742. The Morgan fingerprint density at radius 3 is 2.69 bits per heavy atom. The van der Waals surface area contributed by atoms with Crippen LogP contribution in [-0.4, -0.2) is 44.8 Å². The van der Waals surface area contributed by atoms with Gasteiger partial charge in [-0.3, -0.25) is 14.8 Å². The van der Waals surface area contributed by atoms with Crippen molar-refractivity contribution in [2.75, 3.05) is 18.4 Å². The number of benzene rings is 2. The van der Waals surface area contributed by atoms with Crippen LogP contribution in [0.3, 0.4) is 0 Å². The van der Waals surface area contributed by atoms with Crippen molar-refractivity contribution in [2.45, 2.75) is 64.5 Å². The van der Waals surface area contributed by atoms with Gasteiger partial charge < -0.3 is 10.4 Å². The fraction of sp³-hybridized carbons (Fsp3) is 0.375. The van der Waals surface area contributed by atoms with E-state index in [0.29, 0.717) is 6.42 Å². The highest BCUT2D eigenvalue weighted by Crippen LogP contribution is 2.36. The number of hydrogen-bond acceptors (Lipinski definition) is 5. The number of carbonyl (C=O) groups excluding carboxylic acids is 1. The van der Waals surface area contributed by atoms with Gasteiger partial charge in [0.2, 0.25) is 0 Å². The molecule has 39 heavy (non-hydrogen) atoms. The van der Waals surface area contributed by atoms with Crippen molar-refractivity contribution in [1.82, 2.24) is 15.1 Å². The van der Waals surface area contributed by atoms with E-state index in [2.05, 4.69) is 44.7 Å². The number of hydrogen-bond donors (Lipinski definition) is 3. The van der Waals surface area contributed by atoms with Crippen molar-refractivity contribution < 1.29 is 9.90 Å². The number of aliphatic hydroxyl groups is 1. The lowest BCUT2D eigenvalue weighted by Crippen LogP contribution is -2.35. The number of likely N-dealkylation sites (tertiary alicyclic amines) is 1. The zero-order valence-electron chi connectivity index (χ0n) is 23.0. The summed E-state index contributed by atoms with van der Waals surface area (Å²) in [5, 5.41) is 24.5.